The molecule has 0 N–H and O–H groups in total. The number of anilines is 1. The number of hydrogen-bond acceptors (Lipinski definition) is 6. The Hall–Kier alpha value is -3.51. The standard InChI is InChI=1S/C34H40FN5O2S/c1-24(2)38-43(42)19-17-39(18-20-43)27-11-7-25(8-12-27)31-22-40(28-13-9-26(35)10-14-28)37-33(31)30-6-4-3-5-29(30)32(41)21-34(23-36)15-16-34/h7-14,22,24,29-30H,3-6,15-21H2,1-2H3/t29-,30-/m1/s1. The number of carbonyl (C=O) groups excluding carboxylic acids is 1. The molecule has 3 fully saturated rings. The lowest BCUT2D eigenvalue weighted by molar-refractivity contribution is -0.125. The van der Waals surface area contributed by atoms with Crippen molar-refractivity contribution in [2.24, 2.45) is 15.7 Å². The molecule has 3 aliphatic rings. The molecule has 0 radical (unpaired) electrons. The number of halogens is 1. The van der Waals surface area contributed by atoms with Gasteiger partial charge in [-0.15, -0.1) is 0 Å². The summed E-state index contributed by atoms with van der Waals surface area (Å²) in [6.45, 7) is 5.37. The summed E-state index contributed by atoms with van der Waals surface area (Å²) in [7, 11) is -2.14. The second-order valence-corrected chi connectivity index (χ2v) is 15.4. The highest BCUT2D eigenvalue weighted by Crippen LogP contribution is 2.51. The molecule has 7 nitrogen and oxygen atoms in total. The average molecular weight is 602 g/mol. The first-order valence-electron chi connectivity index (χ1n) is 15.5. The van der Waals surface area contributed by atoms with Crippen molar-refractivity contribution in [3.63, 3.8) is 0 Å². The largest absolute Gasteiger partial charge is 0.370 e. The molecule has 0 bridgehead atoms. The molecule has 2 heterocycles. The van der Waals surface area contributed by atoms with E-state index in [2.05, 4.69) is 39.6 Å². The van der Waals surface area contributed by atoms with E-state index in [1.54, 1.807) is 16.8 Å². The molecule has 3 aromatic rings. The third-order valence-corrected chi connectivity index (χ3v) is 11.7. The van der Waals surface area contributed by atoms with E-state index in [0.717, 1.165) is 66.7 Å². The fourth-order valence-corrected chi connectivity index (χ4v) is 8.91. The van der Waals surface area contributed by atoms with Crippen LogP contribution in [0.3, 0.4) is 0 Å². The summed E-state index contributed by atoms with van der Waals surface area (Å²) >= 11 is 0. The summed E-state index contributed by atoms with van der Waals surface area (Å²) in [5.41, 5.74) is 4.25. The van der Waals surface area contributed by atoms with E-state index >= 15 is 0 Å². The van der Waals surface area contributed by atoms with Crippen LogP contribution in [0, 0.1) is 28.5 Å². The lowest BCUT2D eigenvalue weighted by Gasteiger charge is -2.31. The Kier molecular flexibility index (Phi) is 8.16. The smallest absolute Gasteiger partial charge is 0.138 e. The van der Waals surface area contributed by atoms with Gasteiger partial charge in [-0.3, -0.25) is 4.79 Å². The molecule has 2 aromatic carbocycles. The molecule has 0 spiro atoms. The maximum atomic E-state index is 13.7. The van der Waals surface area contributed by atoms with Crippen LogP contribution in [0.25, 0.3) is 16.8 Å². The van der Waals surface area contributed by atoms with Crippen molar-refractivity contribution in [2.45, 2.75) is 70.8 Å². The quantitative estimate of drug-likeness (QED) is 0.280. The zero-order valence-electron chi connectivity index (χ0n) is 25.0. The van der Waals surface area contributed by atoms with Gasteiger partial charge in [0, 0.05) is 60.3 Å². The monoisotopic (exact) mass is 601 g/mol. The third-order valence-electron chi connectivity index (χ3n) is 9.27. The van der Waals surface area contributed by atoms with Gasteiger partial charge in [-0.2, -0.15) is 10.4 Å². The predicted molar refractivity (Wildman–Crippen MR) is 168 cm³/mol. The maximum absolute atomic E-state index is 13.7. The zero-order valence-corrected chi connectivity index (χ0v) is 25.9. The van der Waals surface area contributed by atoms with Crippen LogP contribution in [0.4, 0.5) is 10.1 Å². The van der Waals surface area contributed by atoms with Crippen molar-refractivity contribution in [3.05, 3.63) is 66.2 Å². The summed E-state index contributed by atoms with van der Waals surface area (Å²) in [6, 6.07) is 17.2. The Morgan fingerprint density at radius 1 is 1.07 bits per heavy atom. The van der Waals surface area contributed by atoms with Crippen LogP contribution >= 0.6 is 0 Å². The van der Waals surface area contributed by atoms with E-state index in [0.29, 0.717) is 31.0 Å². The van der Waals surface area contributed by atoms with Gasteiger partial charge in [-0.1, -0.05) is 25.0 Å². The van der Waals surface area contributed by atoms with Crippen LogP contribution < -0.4 is 4.90 Å². The first-order valence-corrected chi connectivity index (χ1v) is 17.4. The van der Waals surface area contributed by atoms with E-state index in [1.807, 2.05) is 20.0 Å². The van der Waals surface area contributed by atoms with Gasteiger partial charge in [0.05, 0.1) is 38.6 Å². The van der Waals surface area contributed by atoms with E-state index in [-0.39, 0.29) is 29.5 Å². The molecule has 6 rings (SSSR count). The number of ketones is 1. The summed E-state index contributed by atoms with van der Waals surface area (Å²) in [5.74, 6) is 0.841. The fraction of sp³-hybridized carbons (Fsp3) is 0.500. The Bertz CT molecular complexity index is 1630. The van der Waals surface area contributed by atoms with Crippen molar-refractivity contribution in [3.8, 4) is 22.9 Å². The zero-order chi connectivity index (χ0) is 30.2. The number of nitriles is 1. The normalized spacial score (nSPS) is 22.6. The lowest BCUT2D eigenvalue weighted by Crippen LogP contribution is -2.40. The average Bonchev–Trinajstić information content (AvgIpc) is 3.64. The second kappa shape index (κ2) is 11.9. The lowest BCUT2D eigenvalue weighted by atomic mass is 9.72. The van der Waals surface area contributed by atoms with Gasteiger partial charge in [0.1, 0.15) is 11.6 Å². The molecule has 1 aromatic heterocycles. The number of benzene rings is 2. The molecule has 0 unspecified atom stereocenters. The van der Waals surface area contributed by atoms with Crippen molar-refractivity contribution in [1.29, 1.82) is 5.26 Å². The van der Waals surface area contributed by atoms with Gasteiger partial charge < -0.3 is 4.90 Å². The number of carbonyl (C=O) groups is 1. The molecular formula is C34H40FN5O2S. The van der Waals surface area contributed by atoms with Crippen molar-refractivity contribution in [1.82, 2.24) is 9.78 Å². The molecule has 2 atom stereocenters. The molecule has 2 aliphatic carbocycles. The minimum atomic E-state index is -2.14. The van der Waals surface area contributed by atoms with Crippen molar-refractivity contribution < 1.29 is 13.4 Å². The Morgan fingerprint density at radius 3 is 2.35 bits per heavy atom. The molecular weight excluding hydrogens is 561 g/mol. The second-order valence-electron chi connectivity index (χ2n) is 12.8. The number of hydrogen-bond donors (Lipinski definition) is 0. The van der Waals surface area contributed by atoms with Crippen molar-refractivity contribution in [2.75, 3.05) is 29.5 Å². The van der Waals surface area contributed by atoms with Gasteiger partial charge >= 0.3 is 0 Å². The van der Waals surface area contributed by atoms with Gasteiger partial charge in [-0.05, 0) is 81.5 Å². The first-order chi connectivity index (χ1) is 20.7. The van der Waals surface area contributed by atoms with Crippen LogP contribution in [-0.2, 0) is 14.5 Å². The van der Waals surface area contributed by atoms with E-state index in [1.165, 1.54) is 12.1 Å². The predicted octanol–water partition coefficient (Wildman–Crippen LogP) is 6.91. The molecule has 43 heavy (non-hydrogen) atoms. The van der Waals surface area contributed by atoms with Crippen LogP contribution in [0.1, 0.15) is 70.4 Å². The fourth-order valence-electron chi connectivity index (χ4n) is 6.72. The molecule has 1 aliphatic heterocycles. The molecule has 226 valence electrons. The minimum absolute atomic E-state index is 0.0351. The summed E-state index contributed by atoms with van der Waals surface area (Å²) in [6.07, 6.45) is 7.66. The number of rotatable bonds is 8. The molecule has 1 saturated heterocycles. The van der Waals surface area contributed by atoms with E-state index < -0.39 is 15.1 Å². The highest BCUT2D eigenvalue weighted by molar-refractivity contribution is 7.93. The topological polar surface area (TPSA) is 91.3 Å². The number of aromatic nitrogens is 2. The van der Waals surface area contributed by atoms with Crippen LogP contribution in [0.2, 0.25) is 0 Å². The highest BCUT2D eigenvalue weighted by atomic mass is 32.2. The van der Waals surface area contributed by atoms with Crippen LogP contribution in [-0.4, -0.2) is 50.4 Å². The molecule has 9 heteroatoms. The van der Waals surface area contributed by atoms with Gasteiger partial charge in [0.2, 0.25) is 0 Å². The SMILES string of the molecule is CC(C)N=S1(=O)CCN(c2ccc(-c3cn(-c4ccc(F)cc4)nc3[C@@H]3CCCC[C@H]3C(=O)CC3(C#N)CC3)cc2)CC1. The summed E-state index contributed by atoms with van der Waals surface area (Å²) in [4.78, 5) is 15.9. The Morgan fingerprint density at radius 2 is 1.72 bits per heavy atom. The number of Topliss-reactive ketones (excluding diaryl/α,β-unsaturated/α-hetero) is 1. The summed E-state index contributed by atoms with van der Waals surface area (Å²) < 4.78 is 33.1. The summed E-state index contributed by atoms with van der Waals surface area (Å²) in [5, 5.41) is 14.7. The van der Waals surface area contributed by atoms with Crippen LogP contribution in [0.5, 0.6) is 0 Å². The van der Waals surface area contributed by atoms with Crippen molar-refractivity contribution >= 4 is 21.2 Å². The van der Waals surface area contributed by atoms with E-state index in [4.69, 9.17) is 5.10 Å². The first kappa shape index (κ1) is 29.6. The third kappa shape index (κ3) is 6.40. The number of nitrogens with zero attached hydrogens (tertiary/aromatic N) is 5. The molecule has 0 amide bonds. The Balaban J connectivity index is 1.31. The minimum Gasteiger partial charge on any atom is -0.370 e. The Labute approximate surface area is 254 Å². The maximum Gasteiger partial charge on any atom is 0.138 e. The highest BCUT2D eigenvalue weighted by Gasteiger charge is 2.47. The van der Waals surface area contributed by atoms with Crippen LogP contribution in [0.15, 0.2) is 59.1 Å². The van der Waals surface area contributed by atoms with Gasteiger partial charge in [0.25, 0.3) is 0 Å². The molecule has 2 saturated carbocycles. The van der Waals surface area contributed by atoms with E-state index in [9.17, 15) is 18.7 Å². The van der Waals surface area contributed by atoms with Gasteiger partial charge in [-0.25, -0.2) is 17.6 Å². The van der Waals surface area contributed by atoms with Gasteiger partial charge in [0.15, 0.2) is 0 Å².